The summed E-state index contributed by atoms with van der Waals surface area (Å²) in [6.45, 7) is 0.288. The molecule has 1 aromatic heterocycles. The smallest absolute Gasteiger partial charge is 0.248 e. The van der Waals surface area contributed by atoms with Gasteiger partial charge in [-0.3, -0.25) is 4.79 Å². The van der Waals surface area contributed by atoms with E-state index < -0.39 is 0 Å². The number of rotatable bonds is 10. The van der Waals surface area contributed by atoms with Crippen LogP contribution in [0.25, 0.3) is 11.4 Å². The molecule has 3 aromatic carbocycles. The number of methoxy groups -OCH3 is 3. The maximum atomic E-state index is 12.5. The van der Waals surface area contributed by atoms with Crippen LogP contribution >= 0.6 is 0 Å². The van der Waals surface area contributed by atoms with Gasteiger partial charge in [-0.05, 0) is 41.1 Å². The topological polar surface area (TPSA) is 110 Å². The zero-order valence-electron chi connectivity index (χ0n) is 19.6. The van der Waals surface area contributed by atoms with E-state index in [1.165, 1.54) is 11.9 Å². The summed E-state index contributed by atoms with van der Waals surface area (Å²) >= 11 is 0. The van der Waals surface area contributed by atoms with Gasteiger partial charge in [-0.1, -0.05) is 30.3 Å². The Bertz CT molecular complexity index is 1290. The molecule has 0 spiro atoms. The highest BCUT2D eigenvalue weighted by Gasteiger charge is 2.14. The number of nitrogens with zero attached hydrogens (tertiary/aromatic N) is 4. The first kappa shape index (κ1) is 23.6. The molecule has 4 rings (SSSR count). The van der Waals surface area contributed by atoms with E-state index in [2.05, 4.69) is 20.7 Å². The number of hydrogen-bond acceptors (Lipinski definition) is 8. The third kappa shape index (κ3) is 5.85. The van der Waals surface area contributed by atoms with E-state index in [1.54, 1.807) is 44.6 Å². The number of anilines is 1. The molecule has 35 heavy (non-hydrogen) atoms. The minimum Gasteiger partial charge on any atom is -0.497 e. The molecule has 10 nitrogen and oxygen atoms in total. The lowest BCUT2D eigenvalue weighted by atomic mass is 10.2. The van der Waals surface area contributed by atoms with Gasteiger partial charge in [-0.15, -0.1) is 10.2 Å². The van der Waals surface area contributed by atoms with E-state index in [0.717, 1.165) is 5.56 Å². The van der Waals surface area contributed by atoms with Crippen LogP contribution < -0.4 is 24.3 Å². The van der Waals surface area contributed by atoms with Crippen molar-refractivity contribution in [1.82, 2.24) is 20.2 Å². The fourth-order valence-electron chi connectivity index (χ4n) is 3.31. The molecule has 0 bridgehead atoms. The number of aromatic nitrogens is 4. The van der Waals surface area contributed by atoms with E-state index in [9.17, 15) is 4.79 Å². The summed E-state index contributed by atoms with van der Waals surface area (Å²) in [6.07, 6.45) is 0. The Hall–Kier alpha value is -4.60. The van der Waals surface area contributed by atoms with Crippen LogP contribution in [-0.2, 0) is 17.9 Å². The molecule has 0 unspecified atom stereocenters. The van der Waals surface area contributed by atoms with Crippen LogP contribution in [-0.4, -0.2) is 47.4 Å². The van der Waals surface area contributed by atoms with Gasteiger partial charge in [-0.2, -0.15) is 4.80 Å². The van der Waals surface area contributed by atoms with Crippen LogP contribution in [0.15, 0.2) is 66.7 Å². The summed E-state index contributed by atoms with van der Waals surface area (Å²) in [4.78, 5) is 13.7. The van der Waals surface area contributed by atoms with Gasteiger partial charge in [-0.25, -0.2) is 0 Å². The zero-order valence-corrected chi connectivity index (χ0v) is 19.6. The summed E-state index contributed by atoms with van der Waals surface area (Å²) in [5.74, 6) is 2.26. The molecule has 0 atom stereocenters. The highest BCUT2D eigenvalue weighted by Crippen LogP contribution is 2.32. The predicted molar refractivity (Wildman–Crippen MR) is 129 cm³/mol. The van der Waals surface area contributed by atoms with Gasteiger partial charge < -0.3 is 24.3 Å². The molecule has 1 heterocycles. The second-order valence-corrected chi connectivity index (χ2v) is 7.40. The van der Waals surface area contributed by atoms with Crippen LogP contribution in [0, 0.1) is 0 Å². The molecular formula is C25H25N5O5. The Morgan fingerprint density at radius 1 is 0.886 bits per heavy atom. The van der Waals surface area contributed by atoms with Gasteiger partial charge >= 0.3 is 0 Å². The Morgan fingerprint density at radius 3 is 2.43 bits per heavy atom. The van der Waals surface area contributed by atoms with Crippen molar-refractivity contribution in [2.24, 2.45) is 0 Å². The van der Waals surface area contributed by atoms with Gasteiger partial charge in [0, 0.05) is 11.6 Å². The van der Waals surface area contributed by atoms with Gasteiger partial charge in [0.05, 0.1) is 27.0 Å². The third-order valence-electron chi connectivity index (χ3n) is 5.08. The molecule has 0 radical (unpaired) electrons. The van der Waals surface area contributed by atoms with Crippen molar-refractivity contribution in [3.05, 3.63) is 72.3 Å². The van der Waals surface area contributed by atoms with Crippen molar-refractivity contribution in [3.63, 3.8) is 0 Å². The van der Waals surface area contributed by atoms with Crippen LogP contribution in [0.1, 0.15) is 5.56 Å². The molecule has 10 heteroatoms. The Morgan fingerprint density at radius 2 is 1.69 bits per heavy atom. The SMILES string of the molecule is COc1ccc(NC(=O)Cn2nnc(-c3ccc(OCc4ccccc4)c(OC)c3)n2)c(OC)c1. The number of carbonyl (C=O) groups excluding carboxylic acids is 1. The first-order valence-corrected chi connectivity index (χ1v) is 10.7. The van der Waals surface area contributed by atoms with Crippen LogP contribution in [0.3, 0.4) is 0 Å². The third-order valence-corrected chi connectivity index (χ3v) is 5.08. The second-order valence-electron chi connectivity index (χ2n) is 7.40. The lowest BCUT2D eigenvalue weighted by molar-refractivity contribution is -0.117. The molecular weight excluding hydrogens is 450 g/mol. The summed E-state index contributed by atoms with van der Waals surface area (Å²) in [5, 5.41) is 15.2. The molecule has 0 aliphatic heterocycles. The second kappa shape index (κ2) is 11.0. The van der Waals surface area contributed by atoms with E-state index in [0.29, 0.717) is 46.7 Å². The molecule has 1 N–H and O–H groups in total. The molecule has 0 saturated heterocycles. The standard InChI is InChI=1S/C25H25N5O5/c1-32-19-10-11-20(22(14-19)33-2)26-24(31)15-30-28-25(27-29-30)18-9-12-21(23(13-18)34-3)35-16-17-7-5-4-6-8-17/h4-14H,15-16H2,1-3H3,(H,26,31). The fraction of sp³-hybridized carbons (Fsp3) is 0.200. The Labute approximate surface area is 202 Å². The molecule has 4 aromatic rings. The highest BCUT2D eigenvalue weighted by molar-refractivity contribution is 5.92. The lowest BCUT2D eigenvalue weighted by Crippen LogP contribution is -2.20. The number of hydrogen-bond donors (Lipinski definition) is 1. The number of nitrogens with one attached hydrogen (secondary N) is 1. The van der Waals surface area contributed by atoms with Gasteiger partial charge in [0.1, 0.15) is 24.7 Å². The van der Waals surface area contributed by atoms with Crippen molar-refractivity contribution in [3.8, 4) is 34.4 Å². The quantitative estimate of drug-likeness (QED) is 0.371. The number of ether oxygens (including phenoxy) is 4. The van der Waals surface area contributed by atoms with Crippen molar-refractivity contribution in [2.45, 2.75) is 13.2 Å². The van der Waals surface area contributed by atoms with Crippen LogP contribution in [0.2, 0.25) is 0 Å². The van der Waals surface area contributed by atoms with E-state index >= 15 is 0 Å². The number of benzene rings is 3. The molecule has 0 aliphatic carbocycles. The van der Waals surface area contributed by atoms with E-state index in [1.807, 2.05) is 36.4 Å². The maximum Gasteiger partial charge on any atom is 0.248 e. The lowest BCUT2D eigenvalue weighted by Gasteiger charge is -2.11. The van der Waals surface area contributed by atoms with Crippen molar-refractivity contribution in [2.75, 3.05) is 26.6 Å². The first-order chi connectivity index (χ1) is 17.1. The van der Waals surface area contributed by atoms with Crippen molar-refractivity contribution >= 4 is 11.6 Å². The van der Waals surface area contributed by atoms with Crippen molar-refractivity contribution in [1.29, 1.82) is 0 Å². The zero-order chi connectivity index (χ0) is 24.6. The van der Waals surface area contributed by atoms with E-state index in [4.69, 9.17) is 18.9 Å². The normalized spacial score (nSPS) is 10.5. The summed E-state index contributed by atoms with van der Waals surface area (Å²) < 4.78 is 21.9. The minimum absolute atomic E-state index is 0.127. The number of carbonyl (C=O) groups is 1. The van der Waals surface area contributed by atoms with Gasteiger partial charge in [0.15, 0.2) is 11.5 Å². The number of amides is 1. The van der Waals surface area contributed by atoms with Crippen LogP contribution in [0.4, 0.5) is 5.69 Å². The van der Waals surface area contributed by atoms with Gasteiger partial charge in [0.25, 0.3) is 0 Å². The minimum atomic E-state index is -0.334. The first-order valence-electron chi connectivity index (χ1n) is 10.7. The molecule has 180 valence electrons. The predicted octanol–water partition coefficient (Wildman–Crippen LogP) is 3.58. The molecule has 0 saturated carbocycles. The number of tetrazole rings is 1. The molecule has 0 aliphatic rings. The fourth-order valence-corrected chi connectivity index (χ4v) is 3.31. The Kier molecular flexibility index (Phi) is 7.41. The average Bonchev–Trinajstić information content (AvgIpc) is 3.36. The highest BCUT2D eigenvalue weighted by atomic mass is 16.5. The summed E-state index contributed by atoms with van der Waals surface area (Å²) in [6, 6.07) is 20.3. The molecule has 0 fully saturated rings. The van der Waals surface area contributed by atoms with Crippen molar-refractivity contribution < 1.29 is 23.7 Å². The monoisotopic (exact) mass is 475 g/mol. The van der Waals surface area contributed by atoms with Crippen LogP contribution in [0.5, 0.6) is 23.0 Å². The summed E-state index contributed by atoms with van der Waals surface area (Å²) in [7, 11) is 4.64. The summed E-state index contributed by atoms with van der Waals surface area (Å²) in [5.41, 5.74) is 2.24. The largest absolute Gasteiger partial charge is 0.497 e. The molecule has 1 amide bonds. The van der Waals surface area contributed by atoms with E-state index in [-0.39, 0.29) is 12.5 Å². The maximum absolute atomic E-state index is 12.5. The van der Waals surface area contributed by atoms with Gasteiger partial charge in [0.2, 0.25) is 11.7 Å². The Balaban J connectivity index is 1.42. The average molecular weight is 476 g/mol.